The van der Waals surface area contributed by atoms with Crippen LogP contribution >= 0.6 is 38.9 Å². The van der Waals surface area contributed by atoms with Crippen molar-refractivity contribution >= 4 is 60.9 Å². The van der Waals surface area contributed by atoms with Crippen molar-refractivity contribution in [3.05, 3.63) is 96.2 Å². The van der Waals surface area contributed by atoms with E-state index in [1.807, 2.05) is 73.7 Å². The van der Waals surface area contributed by atoms with Crippen LogP contribution in [-0.4, -0.2) is 16.0 Å². The number of para-hydroxylation sites is 2. The number of halogens is 2. The molecule has 0 spiro atoms. The van der Waals surface area contributed by atoms with Crippen LogP contribution in [0, 0.1) is 0 Å². The van der Waals surface area contributed by atoms with Gasteiger partial charge in [0.15, 0.2) is 16.5 Å². The van der Waals surface area contributed by atoms with Crippen molar-refractivity contribution < 1.29 is 9.47 Å². The summed E-state index contributed by atoms with van der Waals surface area (Å²) >= 11 is 11.2. The van der Waals surface area contributed by atoms with Crippen molar-refractivity contribution in [1.82, 2.24) is 9.38 Å². The van der Waals surface area contributed by atoms with Gasteiger partial charge in [0.1, 0.15) is 6.61 Å². The molecular weight excluding hydrogens is 524 g/mol. The molecule has 0 aliphatic heterocycles. The Bertz CT molecular complexity index is 1600. The summed E-state index contributed by atoms with van der Waals surface area (Å²) < 4.78 is 14.9. The zero-order valence-corrected chi connectivity index (χ0v) is 20.7. The molecule has 3 aromatic carbocycles. The van der Waals surface area contributed by atoms with E-state index in [2.05, 4.69) is 20.9 Å². The number of hydrogen-bond donors (Lipinski definition) is 0. The number of rotatable bonds is 6. The first-order chi connectivity index (χ1) is 16.0. The Balaban J connectivity index is 1.54. The molecule has 5 aromatic rings. The lowest BCUT2D eigenvalue weighted by Crippen LogP contribution is -2.22. The smallest absolute Gasteiger partial charge is 0.274 e. The van der Waals surface area contributed by atoms with Gasteiger partial charge >= 0.3 is 0 Å². The van der Waals surface area contributed by atoms with Gasteiger partial charge in [0.05, 0.1) is 26.6 Å². The van der Waals surface area contributed by atoms with Gasteiger partial charge in [0.2, 0.25) is 0 Å². The molecule has 0 aliphatic rings. The lowest BCUT2D eigenvalue weighted by Gasteiger charge is -2.15. The second-order valence-corrected chi connectivity index (χ2v) is 9.55. The molecule has 2 aromatic heterocycles. The molecule has 0 unspecified atom stereocenters. The van der Waals surface area contributed by atoms with Crippen LogP contribution in [0.5, 0.6) is 11.5 Å². The van der Waals surface area contributed by atoms with E-state index in [1.165, 1.54) is 11.3 Å². The molecular formula is C25H18BrClN2O3S. The minimum Gasteiger partial charge on any atom is -0.490 e. The summed E-state index contributed by atoms with van der Waals surface area (Å²) in [6.45, 7) is 2.70. The van der Waals surface area contributed by atoms with Gasteiger partial charge in [-0.15, -0.1) is 0 Å². The fraction of sp³-hybridized carbons (Fsp3) is 0.120. The van der Waals surface area contributed by atoms with E-state index < -0.39 is 0 Å². The summed E-state index contributed by atoms with van der Waals surface area (Å²) in [5, 5.41) is 0.648. The SMILES string of the molecule is CCOc1cc(/C=c2\sc3nc4ccccc4n3c2=O)cc(Br)c1OCc1ccccc1Cl. The summed E-state index contributed by atoms with van der Waals surface area (Å²) in [6.07, 6.45) is 1.85. The quantitative estimate of drug-likeness (QED) is 0.271. The standard InChI is InChI=1S/C25H18BrClN2O3S/c1-2-31-21-12-15(11-17(26)23(21)32-14-16-7-3-4-8-18(16)27)13-22-24(30)29-20-10-6-5-9-19(20)28-25(29)33-22/h3-13H,2,14H2,1H3/b22-13-. The van der Waals surface area contributed by atoms with E-state index in [0.29, 0.717) is 39.2 Å². The van der Waals surface area contributed by atoms with Crippen molar-refractivity contribution in [3.63, 3.8) is 0 Å². The first-order valence-corrected chi connectivity index (χ1v) is 12.3. The molecule has 0 N–H and O–H groups in total. The predicted molar refractivity (Wildman–Crippen MR) is 137 cm³/mol. The minimum absolute atomic E-state index is 0.0863. The van der Waals surface area contributed by atoms with Crippen molar-refractivity contribution in [1.29, 1.82) is 0 Å². The largest absolute Gasteiger partial charge is 0.490 e. The lowest BCUT2D eigenvalue weighted by atomic mass is 10.2. The maximum absolute atomic E-state index is 13.1. The Morgan fingerprint density at radius 3 is 2.73 bits per heavy atom. The molecule has 5 nitrogen and oxygen atoms in total. The van der Waals surface area contributed by atoms with Crippen LogP contribution < -0.4 is 19.6 Å². The lowest BCUT2D eigenvalue weighted by molar-refractivity contribution is 0.267. The van der Waals surface area contributed by atoms with Crippen molar-refractivity contribution in [2.45, 2.75) is 13.5 Å². The van der Waals surface area contributed by atoms with Gasteiger partial charge in [-0.25, -0.2) is 9.38 Å². The highest BCUT2D eigenvalue weighted by atomic mass is 79.9. The molecule has 2 heterocycles. The van der Waals surface area contributed by atoms with E-state index >= 15 is 0 Å². The predicted octanol–water partition coefficient (Wildman–Crippen LogP) is 5.85. The first kappa shape index (κ1) is 21.9. The zero-order valence-electron chi connectivity index (χ0n) is 17.5. The van der Waals surface area contributed by atoms with Gasteiger partial charge in [-0.2, -0.15) is 0 Å². The van der Waals surface area contributed by atoms with E-state index in [-0.39, 0.29) is 5.56 Å². The maximum Gasteiger partial charge on any atom is 0.274 e. The summed E-state index contributed by atoms with van der Waals surface area (Å²) in [4.78, 5) is 18.3. The number of hydrogen-bond acceptors (Lipinski definition) is 5. The summed E-state index contributed by atoms with van der Waals surface area (Å²) in [5.41, 5.74) is 3.24. The monoisotopic (exact) mass is 540 g/mol. The maximum atomic E-state index is 13.1. The fourth-order valence-electron chi connectivity index (χ4n) is 3.60. The van der Waals surface area contributed by atoms with Crippen LogP contribution in [0.15, 0.2) is 69.9 Å². The van der Waals surface area contributed by atoms with Crippen LogP contribution in [-0.2, 0) is 6.61 Å². The molecule has 166 valence electrons. The number of imidazole rings is 1. The third-order valence-electron chi connectivity index (χ3n) is 5.10. The molecule has 8 heteroatoms. The Morgan fingerprint density at radius 1 is 1.12 bits per heavy atom. The van der Waals surface area contributed by atoms with Crippen LogP contribution in [0.3, 0.4) is 0 Å². The molecule has 0 amide bonds. The molecule has 0 radical (unpaired) electrons. The number of ether oxygens (including phenoxy) is 2. The van der Waals surface area contributed by atoms with Crippen LogP contribution in [0.2, 0.25) is 5.02 Å². The summed E-state index contributed by atoms with van der Waals surface area (Å²) in [7, 11) is 0. The average Bonchev–Trinajstić information content (AvgIpc) is 3.30. The molecule has 0 atom stereocenters. The van der Waals surface area contributed by atoms with Gasteiger partial charge in [-0.1, -0.05) is 53.3 Å². The van der Waals surface area contributed by atoms with Gasteiger partial charge in [-0.05, 0) is 64.8 Å². The molecule has 0 saturated carbocycles. The molecule has 5 rings (SSSR count). The highest BCUT2D eigenvalue weighted by Crippen LogP contribution is 2.38. The van der Waals surface area contributed by atoms with Gasteiger partial charge < -0.3 is 9.47 Å². The highest BCUT2D eigenvalue weighted by molar-refractivity contribution is 9.10. The third kappa shape index (κ3) is 4.24. The Kier molecular flexibility index (Phi) is 6.10. The number of nitrogens with zero attached hydrogens (tertiary/aromatic N) is 2. The summed E-state index contributed by atoms with van der Waals surface area (Å²) in [6, 6.07) is 19.0. The van der Waals surface area contributed by atoms with Gasteiger partial charge in [0.25, 0.3) is 5.56 Å². The molecule has 33 heavy (non-hydrogen) atoms. The van der Waals surface area contributed by atoms with Crippen molar-refractivity contribution in [2.75, 3.05) is 6.61 Å². The first-order valence-electron chi connectivity index (χ1n) is 10.3. The number of aromatic nitrogens is 2. The zero-order chi connectivity index (χ0) is 22.9. The second-order valence-electron chi connectivity index (χ2n) is 7.28. The van der Waals surface area contributed by atoms with Gasteiger partial charge in [0, 0.05) is 10.6 Å². The highest BCUT2D eigenvalue weighted by Gasteiger charge is 2.14. The fourth-order valence-corrected chi connectivity index (χ4v) is 5.35. The van der Waals surface area contributed by atoms with Crippen molar-refractivity contribution in [3.8, 4) is 11.5 Å². The molecule has 0 aliphatic carbocycles. The van der Waals surface area contributed by atoms with E-state index in [0.717, 1.165) is 26.6 Å². The number of benzene rings is 3. The average molecular weight is 542 g/mol. The number of thiazole rings is 1. The Hall–Kier alpha value is -2.87. The third-order valence-corrected chi connectivity index (χ3v) is 7.03. The molecule has 0 fully saturated rings. The minimum atomic E-state index is -0.0863. The number of fused-ring (bicyclic) bond motifs is 3. The Labute approximate surface area is 207 Å². The van der Waals surface area contributed by atoms with Crippen molar-refractivity contribution in [2.24, 2.45) is 0 Å². The van der Waals surface area contributed by atoms with E-state index in [4.69, 9.17) is 21.1 Å². The molecule has 0 saturated heterocycles. The normalized spacial score (nSPS) is 12.0. The topological polar surface area (TPSA) is 52.8 Å². The summed E-state index contributed by atoms with van der Waals surface area (Å²) in [5.74, 6) is 1.17. The molecule has 0 bridgehead atoms. The van der Waals surface area contributed by atoms with E-state index in [1.54, 1.807) is 4.40 Å². The van der Waals surface area contributed by atoms with Crippen LogP contribution in [0.4, 0.5) is 0 Å². The second kappa shape index (κ2) is 9.17. The van der Waals surface area contributed by atoms with E-state index in [9.17, 15) is 4.79 Å². The van der Waals surface area contributed by atoms with Crippen LogP contribution in [0.1, 0.15) is 18.1 Å². The van der Waals surface area contributed by atoms with Gasteiger partial charge in [-0.3, -0.25) is 4.79 Å². The Morgan fingerprint density at radius 2 is 1.91 bits per heavy atom. The van der Waals surface area contributed by atoms with Crippen LogP contribution in [0.25, 0.3) is 22.1 Å².